The van der Waals surface area contributed by atoms with Crippen LogP contribution in [-0.2, 0) is 28.6 Å². The summed E-state index contributed by atoms with van der Waals surface area (Å²) in [5.74, 6) is -0.870. The lowest BCUT2D eigenvalue weighted by Gasteiger charge is -2.18. The standard InChI is InChI=1S/C76H138O6/c1-4-7-10-13-16-19-22-25-28-30-32-34-36-38-40-42-44-46-48-51-54-57-60-63-66-69-75(78)81-72-73(71-80-74(77)68-65-62-59-56-53-50-27-24-21-18-15-12-9-6-3)82-76(79)70-67-64-61-58-55-52-49-47-45-43-41-39-37-35-33-31-29-26-23-20-17-14-11-8-5-2/h15,18,22,24-25,27,30,32,36,38,73H,4-14,16-17,19-21,23,26,28-29,31,33-35,37,39-72H2,1-3H3/b18-15-,25-22-,27-24-,32-30-,38-36-. The predicted octanol–water partition coefficient (Wildman–Crippen LogP) is 25.1. The van der Waals surface area contributed by atoms with Gasteiger partial charge in [-0.1, -0.05) is 345 Å². The third kappa shape index (κ3) is 67.9. The van der Waals surface area contributed by atoms with E-state index in [1.54, 1.807) is 0 Å². The van der Waals surface area contributed by atoms with Crippen LogP contribution >= 0.6 is 0 Å². The van der Waals surface area contributed by atoms with Gasteiger partial charge in [-0.2, -0.15) is 0 Å². The molecule has 0 fully saturated rings. The molecule has 0 rings (SSSR count). The molecule has 0 aromatic carbocycles. The minimum absolute atomic E-state index is 0.0774. The summed E-state index contributed by atoms with van der Waals surface area (Å²) in [6, 6.07) is 0. The summed E-state index contributed by atoms with van der Waals surface area (Å²) < 4.78 is 17.0. The van der Waals surface area contributed by atoms with Gasteiger partial charge in [0.25, 0.3) is 0 Å². The van der Waals surface area contributed by atoms with Crippen molar-refractivity contribution < 1.29 is 28.6 Å². The Hall–Kier alpha value is -2.89. The summed E-state index contributed by atoms with van der Waals surface area (Å²) in [6.45, 7) is 6.64. The van der Waals surface area contributed by atoms with Crippen molar-refractivity contribution in [3.63, 3.8) is 0 Å². The van der Waals surface area contributed by atoms with E-state index >= 15 is 0 Å². The SMILES string of the molecule is CCCC/C=C\C/C=C\CCCCCCCC(=O)OCC(COC(=O)CCCCCCCCCCCC/C=C\C/C=C\C/C=C\CCCCCCC)OC(=O)CCCCCCCCCCCCCCCCCCCCCCCCCCC. The van der Waals surface area contributed by atoms with Gasteiger partial charge in [0.1, 0.15) is 13.2 Å². The van der Waals surface area contributed by atoms with Gasteiger partial charge in [0, 0.05) is 19.3 Å². The molecule has 0 aromatic rings. The molecule has 82 heavy (non-hydrogen) atoms. The maximum absolute atomic E-state index is 13.0. The number of hydrogen-bond donors (Lipinski definition) is 0. The largest absolute Gasteiger partial charge is 0.462 e. The zero-order valence-corrected chi connectivity index (χ0v) is 55.0. The summed E-state index contributed by atoms with van der Waals surface area (Å²) in [4.78, 5) is 38.5. The Balaban J connectivity index is 4.27. The molecule has 0 amide bonds. The van der Waals surface area contributed by atoms with Crippen LogP contribution in [0.1, 0.15) is 387 Å². The molecule has 6 nitrogen and oxygen atoms in total. The van der Waals surface area contributed by atoms with E-state index < -0.39 is 6.10 Å². The van der Waals surface area contributed by atoms with Gasteiger partial charge in [0.05, 0.1) is 0 Å². The lowest BCUT2D eigenvalue weighted by molar-refractivity contribution is -0.167. The van der Waals surface area contributed by atoms with Crippen LogP contribution < -0.4 is 0 Å². The Morgan fingerprint density at radius 3 is 0.720 bits per heavy atom. The van der Waals surface area contributed by atoms with Crippen LogP contribution in [0, 0.1) is 0 Å². The van der Waals surface area contributed by atoms with Gasteiger partial charge >= 0.3 is 17.9 Å². The third-order valence-electron chi connectivity index (χ3n) is 16.2. The molecule has 0 saturated heterocycles. The number of rotatable bonds is 67. The minimum Gasteiger partial charge on any atom is -0.462 e. The highest BCUT2D eigenvalue weighted by molar-refractivity contribution is 5.71. The van der Waals surface area contributed by atoms with Crippen molar-refractivity contribution >= 4 is 17.9 Å². The number of carbonyl (C=O) groups excluding carboxylic acids is 3. The van der Waals surface area contributed by atoms with E-state index in [4.69, 9.17) is 14.2 Å². The number of allylic oxidation sites excluding steroid dienone is 10. The van der Waals surface area contributed by atoms with Crippen molar-refractivity contribution in [2.24, 2.45) is 0 Å². The fourth-order valence-electron chi connectivity index (χ4n) is 10.8. The average molecular weight is 1150 g/mol. The molecule has 1 atom stereocenters. The van der Waals surface area contributed by atoms with Gasteiger partial charge in [-0.3, -0.25) is 14.4 Å². The fourth-order valence-corrected chi connectivity index (χ4v) is 10.8. The first-order chi connectivity index (χ1) is 40.5. The normalized spacial score (nSPS) is 12.4. The van der Waals surface area contributed by atoms with Gasteiger partial charge in [-0.15, -0.1) is 0 Å². The minimum atomic E-state index is -0.782. The van der Waals surface area contributed by atoms with Crippen LogP contribution in [0.3, 0.4) is 0 Å². The van der Waals surface area contributed by atoms with E-state index in [1.807, 2.05) is 0 Å². The van der Waals surface area contributed by atoms with E-state index in [0.717, 1.165) is 89.9 Å². The highest BCUT2D eigenvalue weighted by Gasteiger charge is 2.19. The van der Waals surface area contributed by atoms with Crippen LogP contribution in [0.25, 0.3) is 0 Å². The Morgan fingerprint density at radius 2 is 0.451 bits per heavy atom. The summed E-state index contributed by atoms with van der Waals surface area (Å²) in [6.07, 6.45) is 91.1. The zero-order valence-electron chi connectivity index (χ0n) is 55.0. The van der Waals surface area contributed by atoms with Gasteiger partial charge in [0.2, 0.25) is 0 Å². The van der Waals surface area contributed by atoms with Crippen LogP contribution in [0.15, 0.2) is 60.8 Å². The highest BCUT2D eigenvalue weighted by Crippen LogP contribution is 2.18. The predicted molar refractivity (Wildman–Crippen MR) is 358 cm³/mol. The third-order valence-corrected chi connectivity index (χ3v) is 16.2. The summed E-state index contributed by atoms with van der Waals surface area (Å²) in [5.41, 5.74) is 0. The molecular weight excluding hydrogens is 1010 g/mol. The Bertz CT molecular complexity index is 1460. The highest BCUT2D eigenvalue weighted by atomic mass is 16.6. The van der Waals surface area contributed by atoms with Crippen LogP contribution in [0.2, 0.25) is 0 Å². The lowest BCUT2D eigenvalue weighted by atomic mass is 10.0. The van der Waals surface area contributed by atoms with Gasteiger partial charge < -0.3 is 14.2 Å². The first-order valence-corrected chi connectivity index (χ1v) is 36.3. The Morgan fingerprint density at radius 1 is 0.244 bits per heavy atom. The summed E-state index contributed by atoms with van der Waals surface area (Å²) in [5, 5.41) is 0. The van der Waals surface area contributed by atoms with Crippen LogP contribution in [0.5, 0.6) is 0 Å². The number of unbranched alkanes of at least 4 members (excludes halogenated alkanes) is 46. The number of hydrogen-bond acceptors (Lipinski definition) is 6. The Kier molecular flexibility index (Phi) is 68.1. The molecule has 0 N–H and O–H groups in total. The molecular formula is C76H138O6. The van der Waals surface area contributed by atoms with Crippen LogP contribution in [-0.4, -0.2) is 37.2 Å². The maximum Gasteiger partial charge on any atom is 0.306 e. The lowest BCUT2D eigenvalue weighted by Crippen LogP contribution is -2.30. The molecule has 0 aliphatic carbocycles. The molecule has 0 saturated carbocycles. The van der Waals surface area contributed by atoms with Crippen molar-refractivity contribution in [1.82, 2.24) is 0 Å². The second-order valence-electron chi connectivity index (χ2n) is 24.5. The molecule has 1 unspecified atom stereocenters. The molecule has 478 valence electrons. The monoisotopic (exact) mass is 1150 g/mol. The number of ether oxygens (including phenoxy) is 3. The van der Waals surface area contributed by atoms with Crippen molar-refractivity contribution in [1.29, 1.82) is 0 Å². The zero-order chi connectivity index (χ0) is 59.2. The fraction of sp³-hybridized carbons (Fsp3) is 0.829. The van der Waals surface area contributed by atoms with E-state index in [2.05, 4.69) is 81.5 Å². The topological polar surface area (TPSA) is 78.9 Å². The van der Waals surface area contributed by atoms with Crippen LogP contribution in [0.4, 0.5) is 0 Å². The molecule has 0 aromatic heterocycles. The van der Waals surface area contributed by atoms with E-state index in [0.29, 0.717) is 19.3 Å². The second-order valence-corrected chi connectivity index (χ2v) is 24.5. The first kappa shape index (κ1) is 79.1. The maximum atomic E-state index is 13.0. The first-order valence-electron chi connectivity index (χ1n) is 36.3. The molecule has 0 aliphatic rings. The number of esters is 3. The van der Waals surface area contributed by atoms with Crippen molar-refractivity contribution in [3.05, 3.63) is 60.8 Å². The molecule has 0 aliphatic heterocycles. The van der Waals surface area contributed by atoms with Crippen molar-refractivity contribution in [2.75, 3.05) is 13.2 Å². The van der Waals surface area contributed by atoms with Crippen molar-refractivity contribution in [3.8, 4) is 0 Å². The van der Waals surface area contributed by atoms with E-state index in [1.165, 1.54) is 257 Å². The number of carbonyl (C=O) groups is 3. The summed E-state index contributed by atoms with van der Waals surface area (Å²) >= 11 is 0. The van der Waals surface area contributed by atoms with Gasteiger partial charge in [0.15, 0.2) is 6.10 Å². The average Bonchev–Trinajstić information content (AvgIpc) is 3.48. The van der Waals surface area contributed by atoms with Gasteiger partial charge in [-0.25, -0.2) is 0 Å². The smallest absolute Gasteiger partial charge is 0.306 e. The van der Waals surface area contributed by atoms with E-state index in [9.17, 15) is 14.4 Å². The second kappa shape index (κ2) is 70.6. The van der Waals surface area contributed by atoms with E-state index in [-0.39, 0.29) is 31.1 Å². The molecule has 6 heteroatoms. The molecule has 0 bridgehead atoms. The quantitative estimate of drug-likeness (QED) is 0.0261. The molecule has 0 spiro atoms. The van der Waals surface area contributed by atoms with Gasteiger partial charge in [-0.05, 0) is 83.5 Å². The summed E-state index contributed by atoms with van der Waals surface area (Å²) in [7, 11) is 0. The molecule has 0 radical (unpaired) electrons. The van der Waals surface area contributed by atoms with Crippen molar-refractivity contribution in [2.45, 2.75) is 393 Å². The Labute approximate surface area is 510 Å². The molecule has 0 heterocycles.